The molecule has 30 heavy (non-hydrogen) atoms. The first kappa shape index (κ1) is 21.0. The standard InChI is InChI=1S/C23H23ClN2O3S/c24-20-8-4-3-5-16(20)11-19-12-25-22(30-19)15-29-10-9-21(27)23(28)26-13-17-6-1-2-7-18(17)14-26/h1-8,12,21,27H,9-11,13-15H2. The number of nitrogens with zero attached hydrogens (tertiary/aromatic N) is 2. The van der Waals surface area contributed by atoms with Crippen molar-refractivity contribution in [1.29, 1.82) is 0 Å². The summed E-state index contributed by atoms with van der Waals surface area (Å²) in [7, 11) is 0. The number of hydrogen-bond donors (Lipinski definition) is 1. The fourth-order valence-electron chi connectivity index (χ4n) is 3.50. The molecule has 4 rings (SSSR count). The van der Waals surface area contributed by atoms with Gasteiger partial charge in [0.1, 0.15) is 11.1 Å². The van der Waals surface area contributed by atoms with E-state index in [9.17, 15) is 9.90 Å². The number of carbonyl (C=O) groups is 1. The zero-order chi connectivity index (χ0) is 20.9. The maximum absolute atomic E-state index is 12.5. The Bertz CT molecular complexity index is 998. The van der Waals surface area contributed by atoms with Crippen LogP contribution < -0.4 is 0 Å². The predicted octanol–water partition coefficient (Wildman–Crippen LogP) is 4.20. The lowest BCUT2D eigenvalue weighted by molar-refractivity contribution is -0.141. The second-order valence-corrected chi connectivity index (χ2v) is 8.92. The molecule has 3 aromatic rings. The van der Waals surface area contributed by atoms with Crippen molar-refractivity contribution >= 4 is 28.8 Å². The number of fused-ring (bicyclic) bond motifs is 1. The summed E-state index contributed by atoms with van der Waals surface area (Å²) in [5.74, 6) is -0.244. The highest BCUT2D eigenvalue weighted by Gasteiger charge is 2.27. The number of benzene rings is 2. The fourth-order valence-corrected chi connectivity index (χ4v) is 4.59. The number of carbonyl (C=O) groups excluding carboxylic acids is 1. The van der Waals surface area contributed by atoms with Gasteiger partial charge in [0.05, 0.1) is 13.2 Å². The van der Waals surface area contributed by atoms with E-state index in [1.807, 2.05) is 54.7 Å². The van der Waals surface area contributed by atoms with Crippen molar-refractivity contribution < 1.29 is 14.6 Å². The lowest BCUT2D eigenvalue weighted by Gasteiger charge is -2.19. The van der Waals surface area contributed by atoms with E-state index in [2.05, 4.69) is 4.98 Å². The van der Waals surface area contributed by atoms with Gasteiger partial charge in [-0.15, -0.1) is 11.3 Å². The van der Waals surface area contributed by atoms with Crippen molar-refractivity contribution in [2.45, 2.75) is 38.6 Å². The summed E-state index contributed by atoms with van der Waals surface area (Å²) in [4.78, 5) is 19.7. The highest BCUT2D eigenvalue weighted by Crippen LogP contribution is 2.24. The van der Waals surface area contributed by atoms with E-state index in [4.69, 9.17) is 16.3 Å². The van der Waals surface area contributed by atoms with Gasteiger partial charge in [-0.05, 0) is 22.8 Å². The van der Waals surface area contributed by atoms with Crippen LogP contribution in [0.2, 0.25) is 5.02 Å². The van der Waals surface area contributed by atoms with Gasteiger partial charge in [0.25, 0.3) is 5.91 Å². The van der Waals surface area contributed by atoms with Crippen LogP contribution in [0.5, 0.6) is 0 Å². The quantitative estimate of drug-likeness (QED) is 0.531. The van der Waals surface area contributed by atoms with E-state index in [0.717, 1.165) is 38.0 Å². The van der Waals surface area contributed by atoms with Crippen LogP contribution in [0.4, 0.5) is 0 Å². The van der Waals surface area contributed by atoms with Crippen LogP contribution in [-0.2, 0) is 35.6 Å². The van der Waals surface area contributed by atoms with Crippen LogP contribution >= 0.6 is 22.9 Å². The second kappa shape index (κ2) is 9.71. The van der Waals surface area contributed by atoms with Gasteiger partial charge < -0.3 is 14.7 Å². The molecule has 0 fully saturated rings. The molecule has 5 nitrogen and oxygen atoms in total. The summed E-state index contributed by atoms with van der Waals surface area (Å²) < 4.78 is 5.64. The molecule has 1 aliphatic heterocycles. The molecule has 2 heterocycles. The van der Waals surface area contributed by atoms with Crippen LogP contribution in [0.15, 0.2) is 54.7 Å². The maximum atomic E-state index is 12.5. The molecule has 1 amide bonds. The molecular formula is C23H23ClN2O3S. The van der Waals surface area contributed by atoms with E-state index in [-0.39, 0.29) is 12.3 Å². The molecule has 1 N–H and O–H groups in total. The third-order valence-corrected chi connectivity index (χ3v) is 6.46. The second-order valence-electron chi connectivity index (χ2n) is 7.31. The van der Waals surface area contributed by atoms with Crippen molar-refractivity contribution in [3.05, 3.63) is 86.3 Å². The van der Waals surface area contributed by atoms with E-state index in [0.29, 0.717) is 26.3 Å². The Morgan fingerprint density at radius 1 is 1.17 bits per heavy atom. The molecule has 1 unspecified atom stereocenters. The van der Waals surface area contributed by atoms with Crippen molar-refractivity contribution in [3.8, 4) is 0 Å². The summed E-state index contributed by atoms with van der Waals surface area (Å²) >= 11 is 7.80. The van der Waals surface area contributed by atoms with Gasteiger partial charge >= 0.3 is 0 Å². The van der Waals surface area contributed by atoms with Gasteiger partial charge in [0, 0.05) is 42.0 Å². The first-order valence-corrected chi connectivity index (χ1v) is 11.1. The van der Waals surface area contributed by atoms with E-state index < -0.39 is 6.10 Å². The summed E-state index contributed by atoms with van der Waals surface area (Å²) in [6, 6.07) is 15.8. The first-order valence-electron chi connectivity index (χ1n) is 9.88. The number of rotatable bonds is 8. The molecule has 1 aromatic heterocycles. The van der Waals surface area contributed by atoms with Gasteiger partial charge in [0.15, 0.2) is 0 Å². The molecule has 0 saturated carbocycles. The van der Waals surface area contributed by atoms with Gasteiger partial charge in [-0.3, -0.25) is 4.79 Å². The van der Waals surface area contributed by atoms with Gasteiger partial charge in [0.2, 0.25) is 0 Å². The minimum absolute atomic E-state index is 0.244. The van der Waals surface area contributed by atoms with Crippen LogP contribution in [0.25, 0.3) is 0 Å². The number of ether oxygens (including phenoxy) is 1. The average Bonchev–Trinajstić information content (AvgIpc) is 3.39. The number of halogens is 1. The number of amides is 1. The lowest BCUT2D eigenvalue weighted by Crippen LogP contribution is -2.36. The molecule has 7 heteroatoms. The maximum Gasteiger partial charge on any atom is 0.252 e. The Morgan fingerprint density at radius 3 is 2.60 bits per heavy atom. The zero-order valence-corrected chi connectivity index (χ0v) is 18.0. The Morgan fingerprint density at radius 2 is 1.87 bits per heavy atom. The Labute approximate surface area is 184 Å². The third kappa shape index (κ3) is 5.08. The molecule has 0 bridgehead atoms. The molecule has 0 radical (unpaired) electrons. The van der Waals surface area contributed by atoms with Crippen molar-refractivity contribution in [1.82, 2.24) is 9.88 Å². The van der Waals surface area contributed by atoms with Crippen LogP contribution in [-0.4, -0.2) is 33.6 Å². The van der Waals surface area contributed by atoms with Crippen LogP contribution in [0.3, 0.4) is 0 Å². The number of thiazole rings is 1. The van der Waals surface area contributed by atoms with E-state index >= 15 is 0 Å². The lowest BCUT2D eigenvalue weighted by atomic mass is 10.1. The van der Waals surface area contributed by atoms with Crippen molar-refractivity contribution in [2.24, 2.45) is 0 Å². The zero-order valence-electron chi connectivity index (χ0n) is 16.5. The van der Waals surface area contributed by atoms with Crippen molar-refractivity contribution in [2.75, 3.05) is 6.61 Å². The molecule has 0 aliphatic carbocycles. The molecule has 1 atom stereocenters. The first-order chi connectivity index (χ1) is 14.6. The monoisotopic (exact) mass is 442 g/mol. The van der Waals surface area contributed by atoms with E-state index in [1.165, 1.54) is 0 Å². The minimum Gasteiger partial charge on any atom is -0.383 e. The Balaban J connectivity index is 1.20. The SMILES string of the molecule is O=C(C(O)CCOCc1ncc(Cc2ccccc2Cl)s1)N1Cc2ccccc2C1. The highest BCUT2D eigenvalue weighted by atomic mass is 35.5. The molecule has 0 spiro atoms. The fraction of sp³-hybridized carbons (Fsp3) is 0.304. The summed E-state index contributed by atoms with van der Waals surface area (Å²) in [5.41, 5.74) is 3.36. The smallest absolute Gasteiger partial charge is 0.252 e. The number of aromatic nitrogens is 1. The van der Waals surface area contributed by atoms with Crippen molar-refractivity contribution in [3.63, 3.8) is 0 Å². The largest absolute Gasteiger partial charge is 0.383 e. The van der Waals surface area contributed by atoms with E-state index in [1.54, 1.807) is 16.2 Å². The summed E-state index contributed by atoms with van der Waals surface area (Å²) in [5, 5.41) is 11.9. The normalized spacial score (nSPS) is 14.0. The third-order valence-electron chi connectivity index (χ3n) is 5.12. The van der Waals surface area contributed by atoms with Gasteiger partial charge in [-0.1, -0.05) is 54.1 Å². The number of aliphatic hydroxyl groups excluding tert-OH is 1. The summed E-state index contributed by atoms with van der Waals surface area (Å²) in [6.45, 7) is 1.77. The topological polar surface area (TPSA) is 62.7 Å². The van der Waals surface area contributed by atoms with Gasteiger partial charge in [-0.25, -0.2) is 4.98 Å². The highest BCUT2D eigenvalue weighted by molar-refractivity contribution is 7.11. The number of aliphatic hydroxyl groups is 1. The average molecular weight is 443 g/mol. The minimum atomic E-state index is -1.05. The molecule has 0 saturated heterocycles. The Kier molecular flexibility index (Phi) is 6.79. The van der Waals surface area contributed by atoms with Gasteiger partial charge in [-0.2, -0.15) is 0 Å². The van der Waals surface area contributed by atoms with Crippen LogP contribution in [0.1, 0.15) is 33.0 Å². The number of hydrogen-bond acceptors (Lipinski definition) is 5. The Hall–Kier alpha value is -2.25. The summed E-state index contributed by atoms with van der Waals surface area (Å²) in [6.07, 6.45) is 1.80. The molecular weight excluding hydrogens is 420 g/mol. The molecule has 2 aromatic carbocycles. The van der Waals surface area contributed by atoms with Crippen LogP contribution in [0, 0.1) is 0 Å². The molecule has 1 aliphatic rings. The molecule has 156 valence electrons. The predicted molar refractivity (Wildman–Crippen MR) is 117 cm³/mol.